The van der Waals surface area contributed by atoms with Crippen molar-refractivity contribution >= 4 is 6.09 Å². The zero-order valence-corrected chi connectivity index (χ0v) is 14.6. The number of carbonyl (C=O) groups is 1. The summed E-state index contributed by atoms with van der Waals surface area (Å²) in [6.07, 6.45) is 0.691. The molecule has 0 fully saturated rings. The van der Waals surface area contributed by atoms with E-state index in [0.29, 0.717) is 6.54 Å². The lowest BCUT2D eigenvalue weighted by Gasteiger charge is -2.27. The summed E-state index contributed by atoms with van der Waals surface area (Å²) in [6.45, 7) is 12.0. The number of rotatable bonds is 7. The molecule has 0 bridgehead atoms. The molecule has 1 unspecified atom stereocenters. The monoisotopic (exact) mass is 306 g/mol. The van der Waals surface area contributed by atoms with Crippen molar-refractivity contribution in [3.05, 3.63) is 35.9 Å². The number of nitrogens with zero attached hydrogens (tertiary/aromatic N) is 1. The Morgan fingerprint density at radius 3 is 2.41 bits per heavy atom. The van der Waals surface area contributed by atoms with Gasteiger partial charge in [0.25, 0.3) is 0 Å². The van der Waals surface area contributed by atoms with Gasteiger partial charge in [-0.25, -0.2) is 4.79 Å². The summed E-state index contributed by atoms with van der Waals surface area (Å²) in [7, 11) is 0. The number of amides is 1. The van der Waals surface area contributed by atoms with E-state index >= 15 is 0 Å². The minimum absolute atomic E-state index is 0.233. The van der Waals surface area contributed by atoms with Crippen LogP contribution in [0.5, 0.6) is 0 Å². The highest BCUT2D eigenvalue weighted by Gasteiger charge is 2.21. The molecule has 0 saturated heterocycles. The van der Waals surface area contributed by atoms with Crippen LogP contribution in [-0.2, 0) is 4.74 Å². The molecule has 1 atom stereocenters. The highest BCUT2D eigenvalue weighted by atomic mass is 16.6. The van der Waals surface area contributed by atoms with E-state index < -0.39 is 5.60 Å². The van der Waals surface area contributed by atoms with E-state index in [9.17, 15) is 4.79 Å². The zero-order chi connectivity index (χ0) is 16.6. The molecule has 0 aliphatic heterocycles. The Morgan fingerprint density at radius 2 is 1.86 bits per heavy atom. The number of ether oxygens (including phenoxy) is 1. The third-order valence-corrected chi connectivity index (χ3v) is 3.28. The first-order valence-electron chi connectivity index (χ1n) is 8.09. The van der Waals surface area contributed by atoms with Gasteiger partial charge in [-0.05, 0) is 39.7 Å². The molecule has 1 N–H and O–H groups in total. The van der Waals surface area contributed by atoms with Gasteiger partial charge in [0.15, 0.2) is 0 Å². The Bertz CT molecular complexity index is 440. The summed E-state index contributed by atoms with van der Waals surface area (Å²) < 4.78 is 5.45. The molecule has 1 amide bonds. The Morgan fingerprint density at radius 1 is 1.23 bits per heavy atom. The fraction of sp³-hybridized carbons (Fsp3) is 0.611. The van der Waals surface area contributed by atoms with E-state index in [2.05, 4.69) is 31.3 Å². The summed E-state index contributed by atoms with van der Waals surface area (Å²) >= 11 is 0. The van der Waals surface area contributed by atoms with Crippen LogP contribution in [0.3, 0.4) is 0 Å². The molecule has 1 rings (SSSR count). The second-order valence-corrected chi connectivity index (χ2v) is 6.55. The highest BCUT2D eigenvalue weighted by Crippen LogP contribution is 2.12. The van der Waals surface area contributed by atoms with Crippen molar-refractivity contribution in [1.29, 1.82) is 0 Å². The van der Waals surface area contributed by atoms with Crippen LogP contribution in [-0.4, -0.2) is 36.2 Å². The van der Waals surface area contributed by atoms with Crippen LogP contribution in [0.2, 0.25) is 0 Å². The summed E-state index contributed by atoms with van der Waals surface area (Å²) in [5.41, 5.74) is 0.801. The number of hydrogen-bond acceptors (Lipinski definition) is 3. The van der Waals surface area contributed by atoms with E-state index in [1.54, 1.807) is 4.90 Å². The van der Waals surface area contributed by atoms with Crippen molar-refractivity contribution in [2.24, 2.45) is 0 Å². The van der Waals surface area contributed by atoms with Crippen LogP contribution < -0.4 is 5.32 Å². The summed E-state index contributed by atoms with van der Waals surface area (Å²) in [4.78, 5) is 13.9. The predicted octanol–water partition coefficient (Wildman–Crippen LogP) is 3.98. The minimum atomic E-state index is -0.451. The lowest BCUT2D eigenvalue weighted by molar-refractivity contribution is 0.0251. The van der Waals surface area contributed by atoms with Gasteiger partial charge in [0.1, 0.15) is 5.60 Å². The van der Waals surface area contributed by atoms with Crippen LogP contribution in [0.15, 0.2) is 30.3 Å². The molecular weight excluding hydrogens is 276 g/mol. The van der Waals surface area contributed by atoms with Gasteiger partial charge in [0.05, 0.1) is 0 Å². The Kier molecular flexibility index (Phi) is 7.39. The van der Waals surface area contributed by atoms with Gasteiger partial charge in [0.2, 0.25) is 0 Å². The fourth-order valence-electron chi connectivity index (χ4n) is 2.17. The van der Waals surface area contributed by atoms with Gasteiger partial charge in [-0.15, -0.1) is 0 Å². The van der Waals surface area contributed by atoms with Crippen molar-refractivity contribution in [2.45, 2.75) is 52.7 Å². The van der Waals surface area contributed by atoms with Gasteiger partial charge in [-0.3, -0.25) is 0 Å². The molecule has 1 aromatic rings. The van der Waals surface area contributed by atoms with Crippen LogP contribution in [0.1, 0.15) is 52.6 Å². The molecule has 0 aromatic heterocycles. The SMILES string of the molecule is CCCN(CCNC(C)c1ccccc1)C(=O)OC(C)(C)C. The molecule has 4 heteroatoms. The Balaban J connectivity index is 2.46. The predicted molar refractivity (Wildman–Crippen MR) is 91.0 cm³/mol. The van der Waals surface area contributed by atoms with Crippen molar-refractivity contribution < 1.29 is 9.53 Å². The average molecular weight is 306 g/mol. The van der Waals surface area contributed by atoms with Gasteiger partial charge in [-0.2, -0.15) is 0 Å². The van der Waals surface area contributed by atoms with E-state index in [-0.39, 0.29) is 12.1 Å². The number of benzene rings is 1. The van der Waals surface area contributed by atoms with Gasteiger partial charge in [0, 0.05) is 25.7 Å². The molecule has 0 radical (unpaired) electrons. The number of hydrogen-bond donors (Lipinski definition) is 1. The quantitative estimate of drug-likeness (QED) is 0.828. The zero-order valence-electron chi connectivity index (χ0n) is 14.6. The number of nitrogens with one attached hydrogen (secondary N) is 1. The normalized spacial score (nSPS) is 12.8. The van der Waals surface area contributed by atoms with Crippen molar-refractivity contribution in [2.75, 3.05) is 19.6 Å². The first-order chi connectivity index (χ1) is 10.3. The Hall–Kier alpha value is -1.55. The molecule has 1 aromatic carbocycles. The summed E-state index contributed by atoms with van der Waals surface area (Å²) in [6, 6.07) is 10.6. The maximum atomic E-state index is 12.2. The Labute approximate surface area is 134 Å². The largest absolute Gasteiger partial charge is 0.444 e. The molecule has 0 aliphatic carbocycles. The van der Waals surface area contributed by atoms with Crippen LogP contribution in [0.25, 0.3) is 0 Å². The molecule has 124 valence electrons. The standard InChI is InChI=1S/C18H30N2O2/c1-6-13-20(17(21)22-18(3,4)5)14-12-19-15(2)16-10-8-7-9-11-16/h7-11,15,19H,6,12-14H2,1-5H3. The van der Waals surface area contributed by atoms with Crippen LogP contribution in [0.4, 0.5) is 4.79 Å². The maximum absolute atomic E-state index is 12.2. The average Bonchev–Trinajstić information content (AvgIpc) is 2.45. The highest BCUT2D eigenvalue weighted by molar-refractivity contribution is 5.68. The lowest BCUT2D eigenvalue weighted by Crippen LogP contribution is -2.41. The molecule has 22 heavy (non-hydrogen) atoms. The molecule has 0 saturated carbocycles. The van der Waals surface area contributed by atoms with Crippen molar-refractivity contribution in [3.63, 3.8) is 0 Å². The molecule has 0 spiro atoms. The lowest BCUT2D eigenvalue weighted by atomic mass is 10.1. The molecule has 4 nitrogen and oxygen atoms in total. The van der Waals surface area contributed by atoms with Gasteiger partial charge < -0.3 is 15.0 Å². The van der Waals surface area contributed by atoms with Gasteiger partial charge >= 0.3 is 6.09 Å². The number of carbonyl (C=O) groups excluding carboxylic acids is 1. The second-order valence-electron chi connectivity index (χ2n) is 6.55. The summed E-state index contributed by atoms with van der Waals surface area (Å²) in [5, 5.41) is 3.46. The maximum Gasteiger partial charge on any atom is 0.410 e. The summed E-state index contributed by atoms with van der Waals surface area (Å²) in [5.74, 6) is 0. The second kappa shape index (κ2) is 8.79. The van der Waals surface area contributed by atoms with E-state index in [4.69, 9.17) is 4.74 Å². The molecule has 0 heterocycles. The smallest absolute Gasteiger partial charge is 0.410 e. The molecule has 0 aliphatic rings. The third kappa shape index (κ3) is 6.94. The van der Waals surface area contributed by atoms with Gasteiger partial charge in [-0.1, -0.05) is 37.3 Å². The minimum Gasteiger partial charge on any atom is -0.444 e. The van der Waals surface area contributed by atoms with Crippen LogP contribution in [0, 0.1) is 0 Å². The topological polar surface area (TPSA) is 41.6 Å². The van der Waals surface area contributed by atoms with E-state index in [1.165, 1.54) is 5.56 Å². The van der Waals surface area contributed by atoms with Crippen molar-refractivity contribution in [1.82, 2.24) is 10.2 Å². The van der Waals surface area contributed by atoms with E-state index in [0.717, 1.165) is 19.5 Å². The van der Waals surface area contributed by atoms with E-state index in [1.807, 2.05) is 39.0 Å². The van der Waals surface area contributed by atoms with Crippen molar-refractivity contribution in [3.8, 4) is 0 Å². The third-order valence-electron chi connectivity index (χ3n) is 3.28. The fourth-order valence-corrected chi connectivity index (χ4v) is 2.17. The first kappa shape index (κ1) is 18.5. The first-order valence-corrected chi connectivity index (χ1v) is 8.09. The van der Waals surface area contributed by atoms with Crippen LogP contribution >= 0.6 is 0 Å². The molecular formula is C18H30N2O2.